The second-order valence-electron chi connectivity index (χ2n) is 10.1. The maximum atomic E-state index is 13.2. The molecule has 1 N–H and O–H groups in total. The topological polar surface area (TPSA) is 71.1 Å². The van der Waals surface area contributed by atoms with E-state index in [0.29, 0.717) is 24.7 Å². The Bertz CT molecular complexity index is 1050. The molecule has 2 heterocycles. The van der Waals surface area contributed by atoms with Crippen LogP contribution >= 0.6 is 0 Å². The first-order valence-electron chi connectivity index (χ1n) is 13.7. The fourth-order valence-electron chi connectivity index (χ4n) is 5.41. The van der Waals surface area contributed by atoms with Crippen LogP contribution in [0.2, 0.25) is 0 Å². The van der Waals surface area contributed by atoms with Gasteiger partial charge in [0.15, 0.2) is 0 Å². The predicted molar refractivity (Wildman–Crippen MR) is 146 cm³/mol. The van der Waals surface area contributed by atoms with Gasteiger partial charge in [0.25, 0.3) is 5.91 Å². The van der Waals surface area contributed by atoms with E-state index in [2.05, 4.69) is 10.2 Å². The SMILES string of the molecule is COc1cccc(CNC(=O)c2ccc3c(c2)CN(C2CCOCC2)CCCCCCCN3C(C)=O)c1. The molecule has 2 aromatic rings. The molecule has 200 valence electrons. The number of hydrogen-bond donors (Lipinski definition) is 1. The van der Waals surface area contributed by atoms with Crippen LogP contribution in [0.1, 0.15) is 73.4 Å². The lowest BCUT2D eigenvalue weighted by Crippen LogP contribution is -2.40. The number of hydrogen-bond acceptors (Lipinski definition) is 5. The summed E-state index contributed by atoms with van der Waals surface area (Å²) in [5.41, 5.74) is 3.56. The Labute approximate surface area is 221 Å². The van der Waals surface area contributed by atoms with Crippen molar-refractivity contribution in [3.8, 4) is 5.75 Å². The van der Waals surface area contributed by atoms with E-state index in [1.807, 2.05) is 47.4 Å². The van der Waals surface area contributed by atoms with Gasteiger partial charge >= 0.3 is 0 Å². The summed E-state index contributed by atoms with van der Waals surface area (Å²) in [6.45, 7) is 6.10. The van der Waals surface area contributed by atoms with E-state index in [9.17, 15) is 9.59 Å². The van der Waals surface area contributed by atoms with E-state index in [1.54, 1.807) is 14.0 Å². The zero-order chi connectivity index (χ0) is 26.0. The highest BCUT2D eigenvalue weighted by atomic mass is 16.5. The molecule has 2 amide bonds. The Balaban J connectivity index is 1.60. The van der Waals surface area contributed by atoms with Crippen molar-refractivity contribution in [3.05, 3.63) is 59.2 Å². The van der Waals surface area contributed by atoms with Crippen molar-refractivity contribution in [2.45, 2.75) is 71.0 Å². The molecule has 1 fully saturated rings. The normalized spacial score (nSPS) is 18.3. The zero-order valence-electron chi connectivity index (χ0n) is 22.3. The Hall–Kier alpha value is -2.90. The van der Waals surface area contributed by atoms with Crippen LogP contribution < -0.4 is 15.0 Å². The number of anilines is 1. The summed E-state index contributed by atoms with van der Waals surface area (Å²) in [7, 11) is 1.64. The molecular formula is C30H41N3O4. The molecule has 0 aliphatic carbocycles. The van der Waals surface area contributed by atoms with Gasteiger partial charge in [-0.05, 0) is 73.7 Å². The zero-order valence-corrected chi connectivity index (χ0v) is 22.3. The van der Waals surface area contributed by atoms with Gasteiger partial charge in [-0.1, -0.05) is 31.4 Å². The molecule has 0 radical (unpaired) electrons. The van der Waals surface area contributed by atoms with Crippen molar-refractivity contribution in [1.82, 2.24) is 10.2 Å². The van der Waals surface area contributed by atoms with Crippen LogP contribution in [0.15, 0.2) is 42.5 Å². The highest BCUT2D eigenvalue weighted by Gasteiger charge is 2.25. The van der Waals surface area contributed by atoms with E-state index in [1.165, 1.54) is 19.3 Å². The van der Waals surface area contributed by atoms with Gasteiger partial charge in [0.2, 0.25) is 5.91 Å². The number of amides is 2. The van der Waals surface area contributed by atoms with E-state index in [-0.39, 0.29) is 11.8 Å². The number of nitrogens with one attached hydrogen (secondary N) is 1. The maximum Gasteiger partial charge on any atom is 0.251 e. The Morgan fingerprint density at radius 1 is 1.00 bits per heavy atom. The first-order valence-corrected chi connectivity index (χ1v) is 13.7. The van der Waals surface area contributed by atoms with Crippen LogP contribution in [0.25, 0.3) is 0 Å². The van der Waals surface area contributed by atoms with Crippen molar-refractivity contribution in [2.24, 2.45) is 0 Å². The molecular weight excluding hydrogens is 466 g/mol. The van der Waals surface area contributed by atoms with Crippen molar-refractivity contribution < 1.29 is 19.1 Å². The van der Waals surface area contributed by atoms with E-state index >= 15 is 0 Å². The summed E-state index contributed by atoms with van der Waals surface area (Å²) < 4.78 is 10.9. The summed E-state index contributed by atoms with van der Waals surface area (Å²) in [6.07, 6.45) is 7.74. The summed E-state index contributed by atoms with van der Waals surface area (Å²) in [5.74, 6) is 0.693. The minimum Gasteiger partial charge on any atom is -0.497 e. The van der Waals surface area contributed by atoms with Gasteiger partial charge in [-0.3, -0.25) is 14.5 Å². The number of carbonyl (C=O) groups is 2. The summed E-state index contributed by atoms with van der Waals surface area (Å²) in [4.78, 5) is 30.3. The molecule has 0 saturated carbocycles. The number of nitrogens with zero attached hydrogens (tertiary/aromatic N) is 2. The van der Waals surface area contributed by atoms with Crippen molar-refractivity contribution in [2.75, 3.05) is 38.3 Å². The first-order chi connectivity index (χ1) is 18.0. The lowest BCUT2D eigenvalue weighted by atomic mass is 10.0. The fraction of sp³-hybridized carbons (Fsp3) is 0.533. The Morgan fingerprint density at radius 3 is 2.51 bits per heavy atom. The van der Waals surface area contributed by atoms with Gasteiger partial charge in [0, 0.05) is 57.1 Å². The standard InChI is InChI=1S/C30H41N3O4/c1-23(34)33-16-7-5-3-4-6-15-32(27-13-17-37-18-14-27)22-26-20-25(11-12-29(26)33)30(35)31-21-24-9-8-10-28(19-24)36-2/h8-12,19-20,27H,3-7,13-18,21-22H2,1-2H3,(H,31,35). The Kier molecular flexibility index (Phi) is 9.97. The molecule has 1 saturated heterocycles. The average molecular weight is 508 g/mol. The third-order valence-electron chi connectivity index (χ3n) is 7.51. The van der Waals surface area contributed by atoms with Crippen molar-refractivity contribution in [3.63, 3.8) is 0 Å². The van der Waals surface area contributed by atoms with Gasteiger partial charge in [-0.2, -0.15) is 0 Å². The summed E-state index contributed by atoms with van der Waals surface area (Å²) >= 11 is 0. The molecule has 0 atom stereocenters. The van der Waals surface area contributed by atoms with E-state index in [4.69, 9.17) is 9.47 Å². The molecule has 2 aliphatic heterocycles. The number of fused-ring (bicyclic) bond motifs is 1. The van der Waals surface area contributed by atoms with Crippen LogP contribution in [-0.2, 0) is 22.6 Å². The largest absolute Gasteiger partial charge is 0.497 e. The third kappa shape index (κ3) is 7.55. The lowest BCUT2D eigenvalue weighted by Gasteiger charge is -2.36. The smallest absolute Gasteiger partial charge is 0.251 e. The van der Waals surface area contributed by atoms with Gasteiger partial charge in [-0.15, -0.1) is 0 Å². The summed E-state index contributed by atoms with van der Waals surface area (Å²) in [5, 5.41) is 3.05. The quantitative estimate of drug-likeness (QED) is 0.622. The molecule has 4 rings (SSSR count). The van der Waals surface area contributed by atoms with E-state index in [0.717, 1.165) is 74.6 Å². The maximum absolute atomic E-state index is 13.2. The summed E-state index contributed by atoms with van der Waals surface area (Å²) in [6, 6.07) is 14.0. The molecule has 37 heavy (non-hydrogen) atoms. The number of methoxy groups -OCH3 is 1. The van der Waals surface area contributed by atoms with Crippen molar-refractivity contribution >= 4 is 17.5 Å². The average Bonchev–Trinajstić information content (AvgIpc) is 2.92. The number of benzene rings is 2. The molecule has 0 aromatic heterocycles. The Morgan fingerprint density at radius 2 is 1.76 bits per heavy atom. The number of ether oxygens (including phenoxy) is 2. The highest BCUT2D eigenvalue weighted by Crippen LogP contribution is 2.28. The lowest BCUT2D eigenvalue weighted by molar-refractivity contribution is -0.116. The number of rotatable bonds is 5. The monoisotopic (exact) mass is 507 g/mol. The second-order valence-corrected chi connectivity index (χ2v) is 10.1. The highest BCUT2D eigenvalue weighted by molar-refractivity contribution is 5.97. The van der Waals surface area contributed by atoms with Gasteiger partial charge in [0.05, 0.1) is 7.11 Å². The van der Waals surface area contributed by atoms with Gasteiger partial charge in [0.1, 0.15) is 5.75 Å². The van der Waals surface area contributed by atoms with Gasteiger partial charge in [-0.25, -0.2) is 0 Å². The number of carbonyl (C=O) groups excluding carboxylic acids is 2. The van der Waals surface area contributed by atoms with Crippen LogP contribution in [0.3, 0.4) is 0 Å². The predicted octanol–water partition coefficient (Wildman–Crippen LogP) is 4.92. The van der Waals surface area contributed by atoms with Crippen LogP contribution in [0.5, 0.6) is 5.75 Å². The molecule has 7 nitrogen and oxygen atoms in total. The first kappa shape index (κ1) is 27.1. The molecule has 0 bridgehead atoms. The molecule has 0 spiro atoms. The van der Waals surface area contributed by atoms with Crippen LogP contribution in [-0.4, -0.2) is 56.2 Å². The molecule has 0 unspecified atom stereocenters. The van der Waals surface area contributed by atoms with Crippen LogP contribution in [0, 0.1) is 0 Å². The molecule has 7 heteroatoms. The fourth-order valence-corrected chi connectivity index (χ4v) is 5.41. The van der Waals surface area contributed by atoms with E-state index < -0.39 is 0 Å². The third-order valence-corrected chi connectivity index (χ3v) is 7.51. The van der Waals surface area contributed by atoms with Crippen LogP contribution in [0.4, 0.5) is 5.69 Å². The minimum absolute atomic E-state index is 0.0474. The minimum atomic E-state index is -0.122. The molecule has 2 aromatic carbocycles. The molecule has 2 aliphatic rings. The van der Waals surface area contributed by atoms with Gasteiger partial charge < -0.3 is 19.7 Å². The van der Waals surface area contributed by atoms with Crippen molar-refractivity contribution in [1.29, 1.82) is 0 Å². The second kappa shape index (κ2) is 13.6.